The average Bonchev–Trinajstić information content (AvgIpc) is 2.70. The largest absolute Gasteiger partial charge is 0.491 e. The van der Waals surface area contributed by atoms with Gasteiger partial charge in [-0.15, -0.1) is 0 Å². The molecule has 9 nitrogen and oxygen atoms in total. The summed E-state index contributed by atoms with van der Waals surface area (Å²) in [5.74, 6) is 1.07. The number of fused-ring (bicyclic) bond motifs is 2. The highest BCUT2D eigenvalue weighted by molar-refractivity contribution is 5.81. The van der Waals surface area contributed by atoms with E-state index in [0.29, 0.717) is 42.8 Å². The maximum Gasteiger partial charge on any atom is 0.405 e. The first-order valence-corrected chi connectivity index (χ1v) is 9.71. The van der Waals surface area contributed by atoms with Crippen LogP contribution in [-0.2, 0) is 4.79 Å². The van der Waals surface area contributed by atoms with Crippen molar-refractivity contribution in [3.63, 3.8) is 0 Å². The molecule has 3 atom stereocenters. The SMILES string of the molecule is N#Cc1ccc(OCC(O)CN2CC3CC(C2)CN(C(=O)CNC(=O)O)C3)cc1. The van der Waals surface area contributed by atoms with Gasteiger partial charge in [0.25, 0.3) is 0 Å². The first-order valence-electron chi connectivity index (χ1n) is 9.71. The lowest BCUT2D eigenvalue weighted by atomic mass is 9.84. The van der Waals surface area contributed by atoms with Gasteiger partial charge in [-0.2, -0.15) is 5.26 Å². The quantitative estimate of drug-likeness (QED) is 0.601. The van der Waals surface area contributed by atoms with Crippen LogP contribution < -0.4 is 10.1 Å². The molecule has 2 heterocycles. The number of carbonyl (C=O) groups is 2. The van der Waals surface area contributed by atoms with Gasteiger partial charge < -0.3 is 25.2 Å². The van der Waals surface area contributed by atoms with Crippen LogP contribution in [0.3, 0.4) is 0 Å². The first kappa shape index (κ1) is 20.9. The number of benzene rings is 1. The molecule has 9 heteroatoms. The number of hydrogen-bond acceptors (Lipinski definition) is 6. The predicted octanol–water partition coefficient (Wildman–Crippen LogP) is 0.346. The number of amides is 2. The van der Waals surface area contributed by atoms with Crippen LogP contribution in [0.5, 0.6) is 5.75 Å². The second-order valence-electron chi connectivity index (χ2n) is 7.74. The van der Waals surface area contributed by atoms with E-state index in [-0.39, 0.29) is 19.1 Å². The maximum atomic E-state index is 12.2. The number of ether oxygens (including phenoxy) is 1. The Morgan fingerprint density at radius 2 is 1.86 bits per heavy atom. The third-order valence-electron chi connectivity index (χ3n) is 5.29. The molecule has 3 N–H and O–H groups in total. The highest BCUT2D eigenvalue weighted by Gasteiger charge is 2.36. The van der Waals surface area contributed by atoms with Crippen LogP contribution in [0, 0.1) is 23.2 Å². The lowest BCUT2D eigenvalue weighted by Gasteiger charge is -2.46. The Morgan fingerprint density at radius 3 is 2.45 bits per heavy atom. The zero-order valence-corrected chi connectivity index (χ0v) is 16.2. The number of piperidine rings is 2. The molecule has 0 aromatic heterocycles. The molecule has 1 aromatic carbocycles. The fourth-order valence-corrected chi connectivity index (χ4v) is 4.17. The number of rotatable bonds is 7. The number of carboxylic acid groups (broad SMARTS) is 1. The van der Waals surface area contributed by atoms with E-state index in [1.54, 1.807) is 29.2 Å². The van der Waals surface area contributed by atoms with Crippen molar-refractivity contribution in [2.24, 2.45) is 11.8 Å². The second-order valence-corrected chi connectivity index (χ2v) is 7.74. The Morgan fingerprint density at radius 1 is 1.21 bits per heavy atom. The summed E-state index contributed by atoms with van der Waals surface area (Å²) in [6.07, 6.45) is -0.786. The molecular weight excluding hydrogens is 376 g/mol. The molecule has 0 spiro atoms. The molecule has 2 aliphatic heterocycles. The summed E-state index contributed by atoms with van der Waals surface area (Å²) >= 11 is 0. The number of likely N-dealkylation sites (tertiary alicyclic amines) is 2. The van der Waals surface area contributed by atoms with Gasteiger partial charge in [-0.05, 0) is 42.5 Å². The third-order valence-corrected chi connectivity index (χ3v) is 5.29. The van der Waals surface area contributed by atoms with Crippen LogP contribution in [0.25, 0.3) is 0 Å². The Bertz CT molecular complexity index is 749. The molecule has 2 bridgehead atoms. The van der Waals surface area contributed by atoms with Gasteiger partial charge in [-0.3, -0.25) is 9.69 Å². The lowest BCUT2D eigenvalue weighted by molar-refractivity contribution is -0.134. The molecular formula is C20H26N4O5. The first-order chi connectivity index (χ1) is 13.9. The van der Waals surface area contributed by atoms with Crippen molar-refractivity contribution in [2.75, 3.05) is 45.9 Å². The number of nitrogens with one attached hydrogen (secondary N) is 1. The van der Waals surface area contributed by atoms with Crippen molar-refractivity contribution >= 4 is 12.0 Å². The highest BCUT2D eigenvalue weighted by atomic mass is 16.5. The molecule has 2 amide bonds. The summed E-state index contributed by atoms with van der Waals surface area (Å²) in [5, 5.41) is 29.9. The molecule has 29 heavy (non-hydrogen) atoms. The average molecular weight is 402 g/mol. The van der Waals surface area contributed by atoms with Crippen molar-refractivity contribution in [1.82, 2.24) is 15.1 Å². The van der Waals surface area contributed by atoms with E-state index in [1.807, 2.05) is 6.07 Å². The van der Waals surface area contributed by atoms with E-state index >= 15 is 0 Å². The summed E-state index contributed by atoms with van der Waals surface area (Å²) in [6.45, 7) is 3.29. The van der Waals surface area contributed by atoms with Crippen molar-refractivity contribution in [1.29, 1.82) is 5.26 Å². The highest BCUT2D eigenvalue weighted by Crippen LogP contribution is 2.28. The van der Waals surface area contributed by atoms with Gasteiger partial charge in [0, 0.05) is 32.7 Å². The fourth-order valence-electron chi connectivity index (χ4n) is 4.17. The van der Waals surface area contributed by atoms with E-state index < -0.39 is 12.2 Å². The van der Waals surface area contributed by atoms with Gasteiger partial charge in [0.1, 0.15) is 25.0 Å². The van der Waals surface area contributed by atoms with E-state index in [0.717, 1.165) is 19.5 Å². The number of nitriles is 1. The van der Waals surface area contributed by atoms with Gasteiger partial charge in [-0.25, -0.2) is 4.79 Å². The lowest BCUT2D eigenvalue weighted by Crippen LogP contribution is -2.56. The van der Waals surface area contributed by atoms with Crippen LogP contribution >= 0.6 is 0 Å². The number of hydrogen-bond donors (Lipinski definition) is 3. The molecule has 3 rings (SSSR count). The van der Waals surface area contributed by atoms with Gasteiger partial charge in [0.05, 0.1) is 11.6 Å². The summed E-state index contributed by atoms with van der Waals surface area (Å²) < 4.78 is 5.60. The Hall–Kier alpha value is -2.83. The smallest absolute Gasteiger partial charge is 0.405 e. The molecule has 2 fully saturated rings. The van der Waals surface area contributed by atoms with Gasteiger partial charge in [0.2, 0.25) is 5.91 Å². The van der Waals surface area contributed by atoms with Gasteiger partial charge in [0.15, 0.2) is 0 Å². The third kappa shape index (κ3) is 6.07. The Balaban J connectivity index is 1.42. The van der Waals surface area contributed by atoms with Crippen LogP contribution in [0.1, 0.15) is 12.0 Å². The summed E-state index contributed by atoms with van der Waals surface area (Å²) in [7, 11) is 0. The van der Waals surface area contributed by atoms with Crippen molar-refractivity contribution in [3.05, 3.63) is 29.8 Å². The zero-order chi connectivity index (χ0) is 20.8. The molecule has 0 saturated carbocycles. The number of aliphatic hydroxyl groups is 1. The van der Waals surface area contributed by atoms with Crippen molar-refractivity contribution in [3.8, 4) is 11.8 Å². The molecule has 2 aliphatic rings. The second kappa shape index (κ2) is 9.58. The van der Waals surface area contributed by atoms with Crippen LogP contribution in [0.2, 0.25) is 0 Å². The van der Waals surface area contributed by atoms with Crippen molar-refractivity contribution < 1.29 is 24.5 Å². The summed E-state index contributed by atoms with van der Waals surface area (Å²) in [5.41, 5.74) is 0.559. The van der Waals surface area contributed by atoms with Crippen LogP contribution in [0.4, 0.5) is 4.79 Å². The molecule has 0 aliphatic carbocycles. The van der Waals surface area contributed by atoms with E-state index in [9.17, 15) is 14.7 Å². The topological polar surface area (TPSA) is 126 Å². The zero-order valence-electron chi connectivity index (χ0n) is 16.2. The summed E-state index contributed by atoms with van der Waals surface area (Å²) in [4.78, 5) is 26.7. The Labute approximate surface area is 169 Å². The maximum absolute atomic E-state index is 12.2. The predicted molar refractivity (Wildman–Crippen MR) is 103 cm³/mol. The number of nitrogens with zero attached hydrogens (tertiary/aromatic N) is 3. The standard InChI is InChI=1S/C20H26N4O5/c21-6-14-1-3-18(4-2-14)29-13-17(25)12-23-8-15-5-16(9-23)11-24(10-15)19(26)7-22-20(27)28/h1-4,15-17,22,25H,5,7-13H2,(H,27,28). The fraction of sp³-hybridized carbons (Fsp3) is 0.550. The monoisotopic (exact) mass is 402 g/mol. The number of aliphatic hydroxyl groups excluding tert-OH is 1. The van der Waals surface area contributed by atoms with Crippen LogP contribution in [0.15, 0.2) is 24.3 Å². The van der Waals surface area contributed by atoms with E-state index in [4.69, 9.17) is 15.1 Å². The number of β-amino-alcohol motifs (C(OH)–C–C–N with tert-alkyl or cyclic N) is 1. The van der Waals surface area contributed by atoms with Gasteiger partial charge >= 0.3 is 6.09 Å². The molecule has 1 aromatic rings. The summed E-state index contributed by atoms with van der Waals surface area (Å²) in [6, 6.07) is 8.81. The normalized spacial score (nSPS) is 22.4. The minimum Gasteiger partial charge on any atom is -0.491 e. The molecule has 0 radical (unpaired) electrons. The van der Waals surface area contributed by atoms with Crippen LogP contribution in [-0.4, -0.2) is 84.0 Å². The van der Waals surface area contributed by atoms with E-state index in [2.05, 4.69) is 10.2 Å². The van der Waals surface area contributed by atoms with Crippen molar-refractivity contribution in [2.45, 2.75) is 12.5 Å². The minimum atomic E-state index is -1.20. The van der Waals surface area contributed by atoms with Gasteiger partial charge in [-0.1, -0.05) is 0 Å². The molecule has 3 unspecified atom stereocenters. The van der Waals surface area contributed by atoms with E-state index in [1.165, 1.54) is 0 Å². The molecule has 2 saturated heterocycles. The number of carbonyl (C=O) groups excluding carboxylic acids is 1. The minimum absolute atomic E-state index is 0.170. The Kier molecular flexibility index (Phi) is 6.90. The molecule has 156 valence electrons.